The van der Waals surface area contributed by atoms with Crippen molar-refractivity contribution in [2.75, 3.05) is 14.2 Å². The van der Waals surface area contributed by atoms with Crippen LogP contribution in [0.4, 0.5) is 0 Å². The lowest BCUT2D eigenvalue weighted by Gasteiger charge is -2.04. The Hall–Kier alpha value is -2.03. The monoisotopic (exact) mass is 390 g/mol. The van der Waals surface area contributed by atoms with Gasteiger partial charge in [-0.05, 0) is 48.5 Å². The largest absolute Gasteiger partial charge is 0.497 e. The molecule has 0 fully saturated rings. The predicted octanol–water partition coefficient (Wildman–Crippen LogP) is 4.22. The third kappa shape index (κ3) is 4.53. The summed E-state index contributed by atoms with van der Waals surface area (Å²) in [5.74, 6) is 1.54. The smallest absolute Gasteiger partial charge is 0.245 e. The van der Waals surface area contributed by atoms with Crippen LogP contribution in [0, 0.1) is 0 Å². The molecular weight excluding hydrogens is 376 g/mol. The first-order chi connectivity index (χ1) is 12.2. The van der Waals surface area contributed by atoms with Crippen LogP contribution in [0.15, 0.2) is 73.2 Å². The zero-order chi connectivity index (χ0) is 17.6. The normalized spacial score (nSPS) is 10.5. The molecule has 3 rings (SSSR count). The van der Waals surface area contributed by atoms with Crippen LogP contribution in [0.3, 0.4) is 0 Å². The summed E-state index contributed by atoms with van der Waals surface area (Å²) in [5, 5.41) is 0.836. The van der Waals surface area contributed by atoms with Gasteiger partial charge < -0.3 is 9.47 Å². The molecule has 0 aliphatic heterocycles. The van der Waals surface area contributed by atoms with Gasteiger partial charge in [0.25, 0.3) is 0 Å². The van der Waals surface area contributed by atoms with Crippen LogP contribution in [0.1, 0.15) is 0 Å². The minimum atomic E-state index is -0.166. The molecule has 0 saturated heterocycles. The van der Waals surface area contributed by atoms with E-state index in [-0.39, 0.29) is 5.43 Å². The Labute approximate surface area is 157 Å². The number of aromatic nitrogens is 2. The van der Waals surface area contributed by atoms with E-state index in [1.807, 2.05) is 48.5 Å². The molecule has 8 heteroatoms. The second kappa shape index (κ2) is 8.37. The number of methoxy groups -OCH3 is 2. The molecule has 0 radical (unpaired) electrons. The summed E-state index contributed by atoms with van der Waals surface area (Å²) < 4.78 is 18.6. The molecule has 128 valence electrons. The summed E-state index contributed by atoms with van der Waals surface area (Å²) in [7, 11) is 3.24. The lowest BCUT2D eigenvalue weighted by Crippen LogP contribution is -2.09. The van der Waals surface area contributed by atoms with Crippen molar-refractivity contribution in [3.63, 3.8) is 0 Å². The van der Waals surface area contributed by atoms with Gasteiger partial charge in [-0.25, -0.2) is 0 Å². The Morgan fingerprint density at radius 1 is 0.760 bits per heavy atom. The summed E-state index contributed by atoms with van der Waals surface area (Å²) >= 11 is 3.68. The molecule has 1 aromatic heterocycles. The molecular formula is C17H14N2O3S3. The molecule has 1 heterocycles. The van der Waals surface area contributed by atoms with E-state index in [0.717, 1.165) is 33.0 Å². The van der Waals surface area contributed by atoms with E-state index in [9.17, 15) is 4.79 Å². The third-order valence-electron chi connectivity index (χ3n) is 3.18. The first kappa shape index (κ1) is 17.8. The van der Waals surface area contributed by atoms with E-state index in [0.29, 0.717) is 10.1 Å². The number of hydrogen-bond acceptors (Lipinski definition) is 8. The third-order valence-corrected chi connectivity index (χ3v) is 5.90. The van der Waals surface area contributed by atoms with Crippen LogP contribution in [-0.2, 0) is 0 Å². The van der Waals surface area contributed by atoms with E-state index < -0.39 is 0 Å². The van der Waals surface area contributed by atoms with Gasteiger partial charge in [0.15, 0.2) is 10.1 Å². The Morgan fingerprint density at radius 2 is 1.16 bits per heavy atom. The molecule has 0 unspecified atom stereocenters. The highest BCUT2D eigenvalue weighted by molar-refractivity contribution is 8.00. The summed E-state index contributed by atoms with van der Waals surface area (Å²) in [5.41, 5.74) is -0.166. The molecule has 0 N–H and O–H groups in total. The van der Waals surface area contributed by atoms with Crippen molar-refractivity contribution >= 4 is 35.3 Å². The molecule has 0 aliphatic rings. The van der Waals surface area contributed by atoms with Gasteiger partial charge in [-0.2, -0.15) is 8.75 Å². The van der Waals surface area contributed by atoms with Crippen LogP contribution < -0.4 is 14.9 Å². The maximum atomic E-state index is 12.6. The molecule has 0 saturated carbocycles. The summed E-state index contributed by atoms with van der Waals surface area (Å²) in [6, 6.07) is 15.0. The van der Waals surface area contributed by atoms with Gasteiger partial charge >= 0.3 is 0 Å². The predicted molar refractivity (Wildman–Crippen MR) is 100 cm³/mol. The molecule has 0 atom stereocenters. The quantitative estimate of drug-likeness (QED) is 0.624. The van der Waals surface area contributed by atoms with Crippen molar-refractivity contribution in [2.24, 2.45) is 0 Å². The highest BCUT2D eigenvalue weighted by Crippen LogP contribution is 2.29. The summed E-state index contributed by atoms with van der Waals surface area (Å²) in [6.45, 7) is 0. The van der Waals surface area contributed by atoms with E-state index in [1.165, 1.54) is 23.5 Å². The number of nitrogens with zero attached hydrogens (tertiary/aromatic N) is 2. The molecule has 0 bridgehead atoms. The van der Waals surface area contributed by atoms with Crippen LogP contribution in [0.2, 0.25) is 0 Å². The Kier molecular flexibility index (Phi) is 5.95. The average Bonchev–Trinajstić information content (AvgIpc) is 2.66. The Bertz CT molecular complexity index is 826. The number of hydrogen-bond donors (Lipinski definition) is 0. The van der Waals surface area contributed by atoms with E-state index >= 15 is 0 Å². The van der Waals surface area contributed by atoms with Gasteiger partial charge in [0.05, 0.1) is 25.9 Å². The fourth-order valence-electron chi connectivity index (χ4n) is 1.91. The average molecular weight is 391 g/mol. The fraction of sp³-hybridized carbons (Fsp3) is 0.118. The first-order valence-corrected chi connectivity index (χ1v) is 9.56. The van der Waals surface area contributed by atoms with Crippen molar-refractivity contribution in [1.29, 1.82) is 0 Å². The first-order valence-electron chi connectivity index (χ1n) is 7.20. The van der Waals surface area contributed by atoms with Gasteiger partial charge in [0.1, 0.15) is 11.5 Å². The van der Waals surface area contributed by atoms with Crippen molar-refractivity contribution in [3.05, 3.63) is 58.8 Å². The Morgan fingerprint density at radius 3 is 1.52 bits per heavy atom. The maximum Gasteiger partial charge on any atom is 0.245 e. The lowest BCUT2D eigenvalue weighted by molar-refractivity contribution is 0.414. The van der Waals surface area contributed by atoms with Crippen molar-refractivity contribution in [1.82, 2.24) is 8.75 Å². The van der Waals surface area contributed by atoms with Gasteiger partial charge in [-0.3, -0.25) is 4.79 Å². The number of benzene rings is 2. The molecule has 0 amide bonds. The molecule has 0 spiro atoms. The minimum absolute atomic E-state index is 0.166. The Balaban J connectivity index is 1.79. The van der Waals surface area contributed by atoms with Crippen LogP contribution in [-0.4, -0.2) is 23.0 Å². The SMILES string of the molecule is COc1ccc(Sc2nsnc(Sc3ccc(OC)cc3)c2=O)cc1. The standard InChI is InChI=1S/C17H14N2O3S3/c1-21-11-3-7-13(8-4-11)23-16-15(20)17(19-25-18-16)24-14-9-5-12(22-2)6-10-14/h3-10H,1-2H3. The topological polar surface area (TPSA) is 61.3 Å². The molecule has 0 aliphatic carbocycles. The molecule has 25 heavy (non-hydrogen) atoms. The van der Waals surface area contributed by atoms with Crippen molar-refractivity contribution < 1.29 is 9.47 Å². The number of ether oxygens (including phenoxy) is 2. The van der Waals surface area contributed by atoms with Gasteiger partial charge in [0, 0.05) is 9.79 Å². The van der Waals surface area contributed by atoms with E-state index in [2.05, 4.69) is 8.75 Å². The van der Waals surface area contributed by atoms with Crippen LogP contribution in [0.25, 0.3) is 0 Å². The second-order valence-electron chi connectivity index (χ2n) is 4.76. The van der Waals surface area contributed by atoms with Crippen molar-refractivity contribution in [2.45, 2.75) is 19.8 Å². The van der Waals surface area contributed by atoms with Crippen LogP contribution >= 0.6 is 35.3 Å². The second-order valence-corrected chi connectivity index (χ2v) is 7.41. The highest BCUT2D eigenvalue weighted by Gasteiger charge is 2.12. The van der Waals surface area contributed by atoms with Gasteiger partial charge in [0.2, 0.25) is 5.43 Å². The lowest BCUT2D eigenvalue weighted by atomic mass is 10.3. The number of rotatable bonds is 6. The van der Waals surface area contributed by atoms with E-state index in [4.69, 9.17) is 9.47 Å². The maximum absolute atomic E-state index is 12.6. The summed E-state index contributed by atoms with van der Waals surface area (Å²) in [4.78, 5) is 14.5. The summed E-state index contributed by atoms with van der Waals surface area (Å²) in [6.07, 6.45) is 0. The molecule has 5 nitrogen and oxygen atoms in total. The van der Waals surface area contributed by atoms with Crippen LogP contribution in [0.5, 0.6) is 11.5 Å². The van der Waals surface area contributed by atoms with Crippen molar-refractivity contribution in [3.8, 4) is 11.5 Å². The fourth-order valence-corrected chi connectivity index (χ4v) is 4.20. The minimum Gasteiger partial charge on any atom is -0.497 e. The zero-order valence-corrected chi connectivity index (χ0v) is 15.9. The molecule has 2 aromatic carbocycles. The zero-order valence-electron chi connectivity index (χ0n) is 13.5. The van der Waals surface area contributed by atoms with Gasteiger partial charge in [-0.1, -0.05) is 23.5 Å². The van der Waals surface area contributed by atoms with E-state index in [1.54, 1.807) is 14.2 Å². The molecule has 3 aromatic rings. The van der Waals surface area contributed by atoms with Gasteiger partial charge in [-0.15, -0.1) is 0 Å². The highest BCUT2D eigenvalue weighted by atomic mass is 32.2.